The Labute approximate surface area is 603 Å². The maximum Gasteiger partial charge on any atom is 0.128 e. The van der Waals surface area contributed by atoms with E-state index in [-0.39, 0.29) is 22.3 Å². The highest BCUT2D eigenvalue weighted by Gasteiger charge is 2.23. The highest BCUT2D eigenvalue weighted by molar-refractivity contribution is 5.99. The molecule has 0 spiro atoms. The first-order chi connectivity index (χ1) is 49.1. The predicted molar refractivity (Wildman–Crippen MR) is 413 cm³/mol. The van der Waals surface area contributed by atoms with E-state index in [1.54, 1.807) is 62.8 Å². The Morgan fingerprint density at radius 3 is 0.860 bits per heavy atom. The first-order valence-corrected chi connectivity index (χ1v) is 38.0. The summed E-state index contributed by atoms with van der Waals surface area (Å²) in [6.07, 6.45) is 49.9. The first kappa shape index (κ1) is 83.8. The van der Waals surface area contributed by atoms with Crippen LogP contribution < -0.4 is 37.9 Å². The molecule has 0 unspecified atom stereocenters. The Kier molecular flexibility index (Phi) is 44.0. The lowest BCUT2D eigenvalue weighted by atomic mass is 9.95. The lowest BCUT2D eigenvalue weighted by Crippen LogP contribution is -2.04. The Balaban J connectivity index is 1.87. The second kappa shape index (κ2) is 52.4. The summed E-state index contributed by atoms with van der Waals surface area (Å²) in [6.45, 7) is 14.6. The molecule has 0 saturated carbocycles. The SMILES string of the molecule is C=C(C#N)c1cc(OC)c(/C(C#N)=C/c2cc(OC)c(/C=C(\C#N)c3cc(OC)c(/C(C#N)=C/c4cc(OC)c(/C=C/C#N)cc4OCCCCCCCCCCCC)cc3OCCCCCCCCCCCC)cc2OCCCCCCCC)cc1OCCCCCCCCCCCC. The Morgan fingerprint density at radius 1 is 0.300 bits per heavy atom. The van der Waals surface area contributed by atoms with E-state index in [1.165, 1.54) is 155 Å². The van der Waals surface area contributed by atoms with Crippen molar-refractivity contribution in [3.8, 4) is 76.3 Å². The van der Waals surface area contributed by atoms with Crippen LogP contribution in [0, 0.1) is 56.7 Å². The third-order valence-corrected chi connectivity index (χ3v) is 18.3. The fraction of sp³-hybridized carbons (Fsp3) is 0.552. The van der Waals surface area contributed by atoms with Crippen LogP contribution in [0.4, 0.5) is 0 Å². The Bertz CT molecular complexity index is 3410. The fourth-order valence-corrected chi connectivity index (χ4v) is 12.4. The molecule has 13 nitrogen and oxygen atoms in total. The maximum atomic E-state index is 11.4. The van der Waals surface area contributed by atoms with Crippen LogP contribution in [0.3, 0.4) is 0 Å². The van der Waals surface area contributed by atoms with Gasteiger partial charge in [-0.3, -0.25) is 0 Å². The van der Waals surface area contributed by atoms with Crippen molar-refractivity contribution in [2.75, 3.05) is 54.9 Å². The van der Waals surface area contributed by atoms with Gasteiger partial charge in [-0.1, -0.05) is 240 Å². The molecule has 0 aliphatic heterocycles. The molecule has 0 aliphatic rings. The quantitative estimate of drug-likeness (QED) is 0.0230. The van der Waals surface area contributed by atoms with Gasteiger partial charge in [0.05, 0.1) is 108 Å². The average Bonchev–Trinajstić information content (AvgIpc) is 0.805. The van der Waals surface area contributed by atoms with Crippen molar-refractivity contribution in [2.45, 2.75) is 259 Å². The molecule has 0 N–H and O–H groups in total. The summed E-state index contributed by atoms with van der Waals surface area (Å²) in [4.78, 5) is 0. The van der Waals surface area contributed by atoms with E-state index in [9.17, 15) is 26.3 Å². The second-order valence-electron chi connectivity index (χ2n) is 26.1. The molecule has 0 heterocycles. The predicted octanol–water partition coefficient (Wildman–Crippen LogP) is 24.6. The van der Waals surface area contributed by atoms with Crippen LogP contribution >= 0.6 is 0 Å². The number of rotatable bonds is 56. The lowest BCUT2D eigenvalue weighted by molar-refractivity contribution is 0.302. The molecule has 100 heavy (non-hydrogen) atoms. The van der Waals surface area contributed by atoms with Crippen LogP contribution in [-0.2, 0) is 0 Å². The summed E-state index contributed by atoms with van der Waals surface area (Å²) >= 11 is 0. The van der Waals surface area contributed by atoms with Gasteiger partial charge in [0.15, 0.2) is 0 Å². The molecule has 4 aromatic rings. The summed E-state index contributed by atoms with van der Waals surface area (Å²) in [5.41, 5.74) is 5.12. The minimum atomic E-state index is 0.215. The van der Waals surface area contributed by atoms with Crippen LogP contribution in [0.15, 0.2) is 61.2 Å². The highest BCUT2D eigenvalue weighted by Crippen LogP contribution is 2.43. The van der Waals surface area contributed by atoms with Gasteiger partial charge in [0.2, 0.25) is 0 Å². The van der Waals surface area contributed by atoms with Gasteiger partial charge in [0.1, 0.15) is 46.0 Å². The molecule has 0 saturated heterocycles. The molecule has 13 heteroatoms. The zero-order valence-electron chi connectivity index (χ0n) is 62.5. The van der Waals surface area contributed by atoms with Crippen molar-refractivity contribution in [2.24, 2.45) is 0 Å². The zero-order chi connectivity index (χ0) is 72.2. The molecular weight excluding hydrogens is 1240 g/mol. The van der Waals surface area contributed by atoms with Gasteiger partial charge >= 0.3 is 0 Å². The molecule has 540 valence electrons. The summed E-state index contributed by atoms with van der Waals surface area (Å²) in [5.74, 6) is 3.40. The number of benzene rings is 4. The number of nitriles is 5. The topological polar surface area (TPSA) is 193 Å². The molecule has 0 bridgehead atoms. The molecule has 0 aromatic heterocycles. The average molecular weight is 1360 g/mol. The minimum absolute atomic E-state index is 0.215. The van der Waals surface area contributed by atoms with E-state index >= 15 is 0 Å². The zero-order valence-corrected chi connectivity index (χ0v) is 62.5. The molecule has 4 rings (SSSR count). The number of methoxy groups -OCH3 is 4. The number of unbranched alkanes of at least 4 members (excludes halogenated alkanes) is 32. The van der Waals surface area contributed by atoms with Gasteiger partial charge in [-0.25, -0.2) is 0 Å². The molecule has 0 radical (unpaired) electrons. The summed E-state index contributed by atoms with van der Waals surface area (Å²) < 4.78 is 50.5. The lowest BCUT2D eigenvalue weighted by Gasteiger charge is -2.18. The van der Waals surface area contributed by atoms with Crippen LogP contribution in [0.5, 0.6) is 46.0 Å². The molecule has 0 atom stereocenters. The number of hydrogen-bond donors (Lipinski definition) is 0. The Morgan fingerprint density at radius 2 is 0.550 bits per heavy atom. The second-order valence-corrected chi connectivity index (χ2v) is 26.1. The van der Waals surface area contributed by atoms with Crippen LogP contribution in [0.2, 0.25) is 0 Å². The third kappa shape index (κ3) is 30.5. The summed E-state index contributed by atoms with van der Waals surface area (Å²) in [7, 11) is 6.20. The summed E-state index contributed by atoms with van der Waals surface area (Å²) in [6, 6.07) is 25.9. The molecule has 0 aliphatic carbocycles. The minimum Gasteiger partial charge on any atom is -0.496 e. The van der Waals surface area contributed by atoms with Gasteiger partial charge in [-0.15, -0.1) is 0 Å². The van der Waals surface area contributed by atoms with E-state index < -0.39 is 0 Å². The van der Waals surface area contributed by atoms with E-state index in [0.29, 0.717) is 117 Å². The van der Waals surface area contributed by atoms with Gasteiger partial charge in [0.25, 0.3) is 0 Å². The third-order valence-electron chi connectivity index (χ3n) is 18.3. The van der Waals surface area contributed by atoms with Crippen molar-refractivity contribution in [3.63, 3.8) is 0 Å². The number of hydrogen-bond acceptors (Lipinski definition) is 13. The normalized spacial score (nSPS) is 11.5. The van der Waals surface area contributed by atoms with Crippen LogP contribution in [0.1, 0.15) is 303 Å². The van der Waals surface area contributed by atoms with Gasteiger partial charge in [-0.05, 0) is 98.5 Å². The summed E-state index contributed by atoms with van der Waals surface area (Å²) in [5, 5.41) is 53.2. The van der Waals surface area contributed by atoms with Gasteiger partial charge in [0, 0.05) is 50.6 Å². The van der Waals surface area contributed by atoms with E-state index in [0.717, 1.165) is 96.3 Å². The molecule has 0 amide bonds. The Hall–Kier alpha value is -8.57. The monoisotopic (exact) mass is 1360 g/mol. The van der Waals surface area contributed by atoms with E-state index in [4.69, 9.17) is 37.9 Å². The van der Waals surface area contributed by atoms with E-state index in [2.05, 4.69) is 64.6 Å². The van der Waals surface area contributed by atoms with Crippen LogP contribution in [0.25, 0.3) is 46.6 Å². The number of nitrogens with zero attached hydrogens (tertiary/aromatic N) is 5. The number of ether oxygens (including phenoxy) is 8. The molecular formula is C87H119N5O8. The van der Waals surface area contributed by atoms with Crippen molar-refractivity contribution < 1.29 is 37.9 Å². The molecule has 4 aromatic carbocycles. The van der Waals surface area contributed by atoms with Crippen molar-refractivity contribution >= 4 is 46.6 Å². The largest absolute Gasteiger partial charge is 0.496 e. The van der Waals surface area contributed by atoms with E-state index in [1.807, 2.05) is 24.3 Å². The van der Waals surface area contributed by atoms with Crippen molar-refractivity contribution in [1.29, 1.82) is 26.3 Å². The fourth-order valence-electron chi connectivity index (χ4n) is 12.4. The number of allylic oxidation sites excluding steroid dienone is 5. The smallest absolute Gasteiger partial charge is 0.128 e. The van der Waals surface area contributed by atoms with Crippen LogP contribution in [-0.4, -0.2) is 54.9 Å². The van der Waals surface area contributed by atoms with Crippen molar-refractivity contribution in [1.82, 2.24) is 0 Å². The van der Waals surface area contributed by atoms with Gasteiger partial charge < -0.3 is 37.9 Å². The van der Waals surface area contributed by atoms with Crippen molar-refractivity contribution in [3.05, 3.63) is 106 Å². The molecule has 0 fully saturated rings. The standard InChI is InChI=1S/C87H119N5O8/c1-10-14-18-22-26-29-32-35-39-43-49-97-82-56-69(47-46-48-88)80(93-6)57-71(82)54-74(66-91)78-63-87(100-52-45-41-37-34-31-28-24-20-16-12-3)79(61-85(78)96-9)75(67-92)53-70-59-83(98-50-42-38-25-21-17-13-4)72(58-81(70)94-7)55-73(65-90)77-62-86(76(68(5)64-89)60-84(77)95-8)99-51-44-40-36-33-30-27-23-19-15-11-2/h46-47,53-63H,5,10-45,49-52H2,1-4,6-9H3/b47-46+,73-55+,74-54+,75-53+. The highest BCUT2D eigenvalue weighted by atomic mass is 16.5. The maximum absolute atomic E-state index is 11.4. The first-order valence-electron chi connectivity index (χ1n) is 38.0. The van der Waals surface area contributed by atoms with Gasteiger partial charge in [-0.2, -0.15) is 26.3 Å².